The third-order valence-corrected chi connectivity index (χ3v) is 2.44. The first-order valence-corrected chi connectivity index (χ1v) is 5.56. The van der Waals surface area contributed by atoms with Crippen LogP contribution in [-0.2, 0) is 9.53 Å². The van der Waals surface area contributed by atoms with Crippen LogP contribution in [0.1, 0.15) is 25.0 Å². The minimum Gasteiger partial charge on any atom is -0.497 e. The van der Waals surface area contributed by atoms with Crippen LogP contribution in [0.2, 0.25) is 0 Å². The van der Waals surface area contributed by atoms with Crippen LogP contribution in [-0.4, -0.2) is 19.5 Å². The molecule has 0 aliphatic carbocycles. The van der Waals surface area contributed by atoms with Crippen molar-refractivity contribution in [2.24, 2.45) is 0 Å². The van der Waals surface area contributed by atoms with E-state index in [9.17, 15) is 4.79 Å². The van der Waals surface area contributed by atoms with Crippen molar-refractivity contribution in [2.75, 3.05) is 7.11 Å². The Morgan fingerprint density at radius 1 is 1.35 bits per heavy atom. The van der Waals surface area contributed by atoms with Crippen molar-refractivity contribution in [1.29, 1.82) is 0 Å². The third-order valence-electron chi connectivity index (χ3n) is 2.44. The van der Waals surface area contributed by atoms with Gasteiger partial charge in [0, 0.05) is 0 Å². The van der Waals surface area contributed by atoms with Gasteiger partial charge in [-0.2, -0.15) is 0 Å². The second kappa shape index (κ2) is 6.86. The summed E-state index contributed by atoms with van der Waals surface area (Å²) in [5.74, 6) is 0.800. The Hall–Kier alpha value is -1.61. The summed E-state index contributed by atoms with van der Waals surface area (Å²) in [6.45, 7) is 5.43. The Kier molecular flexibility index (Phi) is 5.43. The monoisotopic (exact) mass is 234 g/mol. The van der Waals surface area contributed by atoms with Crippen molar-refractivity contribution < 1.29 is 14.3 Å². The van der Waals surface area contributed by atoms with Gasteiger partial charge in [-0.1, -0.05) is 18.2 Å². The fraction of sp³-hybridized carbons (Fsp3) is 0.357. The second-order valence-corrected chi connectivity index (χ2v) is 3.76. The maximum absolute atomic E-state index is 10.6. The van der Waals surface area contributed by atoms with E-state index in [1.807, 2.05) is 24.3 Å². The fourth-order valence-corrected chi connectivity index (χ4v) is 1.53. The molecule has 3 heteroatoms. The summed E-state index contributed by atoms with van der Waals surface area (Å²) in [4.78, 5) is 10.6. The van der Waals surface area contributed by atoms with E-state index in [0.29, 0.717) is 6.42 Å². The molecular formula is C14H18O3. The van der Waals surface area contributed by atoms with Gasteiger partial charge in [-0.05, 0) is 31.0 Å². The predicted molar refractivity (Wildman–Crippen MR) is 67.2 cm³/mol. The lowest BCUT2D eigenvalue weighted by atomic mass is 10.1. The van der Waals surface area contributed by atoms with Crippen LogP contribution >= 0.6 is 0 Å². The van der Waals surface area contributed by atoms with Gasteiger partial charge in [-0.25, -0.2) is 0 Å². The first-order chi connectivity index (χ1) is 8.21. The lowest BCUT2D eigenvalue weighted by molar-refractivity contribution is -0.120. The van der Waals surface area contributed by atoms with E-state index in [4.69, 9.17) is 9.47 Å². The molecule has 17 heavy (non-hydrogen) atoms. The zero-order valence-electron chi connectivity index (χ0n) is 10.3. The van der Waals surface area contributed by atoms with E-state index >= 15 is 0 Å². The fourth-order valence-electron chi connectivity index (χ4n) is 1.53. The molecule has 2 atom stereocenters. The molecule has 0 aliphatic heterocycles. The molecule has 0 bridgehead atoms. The Morgan fingerprint density at radius 2 is 2.00 bits per heavy atom. The van der Waals surface area contributed by atoms with E-state index in [1.165, 1.54) is 0 Å². The number of carbonyl (C=O) groups is 1. The van der Waals surface area contributed by atoms with E-state index in [1.54, 1.807) is 20.1 Å². The highest BCUT2D eigenvalue weighted by molar-refractivity contribution is 5.55. The summed E-state index contributed by atoms with van der Waals surface area (Å²) in [6.07, 6.45) is 2.69. The Labute approximate surface area is 102 Å². The first kappa shape index (κ1) is 13.5. The van der Waals surface area contributed by atoms with Gasteiger partial charge in [0.05, 0.1) is 13.2 Å². The van der Waals surface area contributed by atoms with Crippen molar-refractivity contribution >= 4 is 6.29 Å². The topological polar surface area (TPSA) is 35.5 Å². The van der Waals surface area contributed by atoms with E-state index in [0.717, 1.165) is 17.6 Å². The molecule has 1 aromatic carbocycles. The number of methoxy groups -OCH3 is 1. The van der Waals surface area contributed by atoms with E-state index < -0.39 is 6.10 Å². The molecule has 92 valence electrons. The van der Waals surface area contributed by atoms with Gasteiger partial charge >= 0.3 is 0 Å². The van der Waals surface area contributed by atoms with Crippen LogP contribution in [0.5, 0.6) is 5.75 Å². The molecule has 0 spiro atoms. The highest BCUT2D eigenvalue weighted by Gasteiger charge is 2.13. The molecule has 0 aromatic heterocycles. The van der Waals surface area contributed by atoms with Crippen molar-refractivity contribution in [3.8, 4) is 5.75 Å². The highest BCUT2D eigenvalue weighted by atomic mass is 16.5. The smallest absolute Gasteiger partial charge is 0.148 e. The van der Waals surface area contributed by atoms with E-state index in [-0.39, 0.29) is 6.10 Å². The molecule has 0 aliphatic rings. The number of hydrogen-bond acceptors (Lipinski definition) is 3. The lowest BCUT2D eigenvalue weighted by Crippen LogP contribution is -2.14. The number of rotatable bonds is 7. The average Bonchev–Trinajstić information content (AvgIpc) is 2.38. The summed E-state index contributed by atoms with van der Waals surface area (Å²) < 4.78 is 10.7. The number of hydrogen-bond donors (Lipinski definition) is 0. The first-order valence-electron chi connectivity index (χ1n) is 5.56. The molecule has 0 radical (unpaired) electrons. The zero-order chi connectivity index (χ0) is 12.7. The zero-order valence-corrected chi connectivity index (χ0v) is 10.3. The predicted octanol–water partition coefficient (Wildman–Crippen LogP) is 2.92. The SMILES string of the molecule is C=CC[C@H](O[C@@H](C)C=O)c1ccc(OC)cc1. The third kappa shape index (κ3) is 4.04. The van der Waals surface area contributed by atoms with Crippen LogP contribution in [0.25, 0.3) is 0 Å². The quantitative estimate of drug-likeness (QED) is 0.537. The van der Waals surface area contributed by atoms with Gasteiger partial charge in [0.25, 0.3) is 0 Å². The van der Waals surface area contributed by atoms with Gasteiger partial charge in [-0.15, -0.1) is 6.58 Å². The van der Waals surface area contributed by atoms with Gasteiger partial charge < -0.3 is 14.3 Å². The van der Waals surface area contributed by atoms with Crippen molar-refractivity contribution in [1.82, 2.24) is 0 Å². The van der Waals surface area contributed by atoms with Crippen molar-refractivity contribution in [2.45, 2.75) is 25.6 Å². The van der Waals surface area contributed by atoms with Crippen molar-refractivity contribution in [3.05, 3.63) is 42.5 Å². The molecule has 1 rings (SSSR count). The minimum absolute atomic E-state index is 0.140. The molecule has 1 aromatic rings. The van der Waals surface area contributed by atoms with Crippen molar-refractivity contribution in [3.63, 3.8) is 0 Å². The summed E-state index contributed by atoms with van der Waals surface area (Å²) in [6, 6.07) is 7.62. The van der Waals surface area contributed by atoms with Gasteiger partial charge in [-0.3, -0.25) is 0 Å². The molecule has 0 amide bonds. The summed E-state index contributed by atoms with van der Waals surface area (Å²) >= 11 is 0. The van der Waals surface area contributed by atoms with Crippen LogP contribution in [0.15, 0.2) is 36.9 Å². The Bertz CT molecular complexity index is 356. The maximum Gasteiger partial charge on any atom is 0.148 e. The number of carbonyl (C=O) groups excluding carboxylic acids is 1. The molecule has 0 heterocycles. The molecule has 3 nitrogen and oxygen atoms in total. The normalized spacial score (nSPS) is 13.8. The number of benzene rings is 1. The Balaban J connectivity index is 2.80. The van der Waals surface area contributed by atoms with Crippen LogP contribution in [0.4, 0.5) is 0 Å². The van der Waals surface area contributed by atoms with Gasteiger partial charge in [0.15, 0.2) is 0 Å². The number of aldehydes is 1. The Morgan fingerprint density at radius 3 is 2.47 bits per heavy atom. The lowest BCUT2D eigenvalue weighted by Gasteiger charge is -2.19. The number of ether oxygens (including phenoxy) is 2. The molecule has 0 saturated heterocycles. The van der Waals surface area contributed by atoms with Crippen LogP contribution in [0, 0.1) is 0 Å². The summed E-state index contributed by atoms with van der Waals surface area (Å²) in [5.41, 5.74) is 1.01. The van der Waals surface area contributed by atoms with Gasteiger partial charge in [0.1, 0.15) is 18.1 Å². The largest absolute Gasteiger partial charge is 0.497 e. The average molecular weight is 234 g/mol. The van der Waals surface area contributed by atoms with Gasteiger partial charge in [0.2, 0.25) is 0 Å². The molecule has 0 saturated carbocycles. The molecular weight excluding hydrogens is 216 g/mol. The highest BCUT2D eigenvalue weighted by Crippen LogP contribution is 2.24. The maximum atomic E-state index is 10.6. The summed E-state index contributed by atoms with van der Waals surface area (Å²) in [7, 11) is 1.63. The van der Waals surface area contributed by atoms with Crippen LogP contribution in [0.3, 0.4) is 0 Å². The van der Waals surface area contributed by atoms with Crippen LogP contribution < -0.4 is 4.74 Å². The molecule has 0 N–H and O–H groups in total. The molecule has 0 unspecified atom stereocenters. The standard InChI is InChI=1S/C14H18O3/c1-4-5-14(17-11(2)10-15)12-6-8-13(16-3)9-7-12/h4,6-11,14H,1,5H2,2-3H3/t11-,14-/m0/s1. The van der Waals surface area contributed by atoms with E-state index in [2.05, 4.69) is 6.58 Å². The second-order valence-electron chi connectivity index (χ2n) is 3.76. The molecule has 0 fully saturated rings. The minimum atomic E-state index is -0.415. The summed E-state index contributed by atoms with van der Waals surface area (Å²) in [5, 5.41) is 0.